The molecular formula is C8H14N4. The summed E-state index contributed by atoms with van der Waals surface area (Å²) in [6, 6.07) is 0. The van der Waals surface area contributed by atoms with E-state index in [1.54, 1.807) is 0 Å². The van der Waals surface area contributed by atoms with Crippen molar-refractivity contribution in [3.05, 3.63) is 5.82 Å². The Hall–Kier alpha value is -0.930. The molecule has 1 heterocycles. The van der Waals surface area contributed by atoms with Crippen molar-refractivity contribution in [1.29, 1.82) is 0 Å². The Balaban J connectivity index is 1.92. The number of aromatic nitrogens is 4. The molecule has 0 aliphatic heterocycles. The van der Waals surface area contributed by atoms with E-state index >= 15 is 0 Å². The first-order valence-electron chi connectivity index (χ1n) is 4.48. The monoisotopic (exact) mass is 166 g/mol. The summed E-state index contributed by atoms with van der Waals surface area (Å²) >= 11 is 0. The van der Waals surface area contributed by atoms with Crippen molar-refractivity contribution in [1.82, 2.24) is 20.2 Å². The molecule has 0 radical (unpaired) electrons. The molecule has 1 fully saturated rings. The van der Waals surface area contributed by atoms with E-state index in [1.807, 2.05) is 11.6 Å². The summed E-state index contributed by atoms with van der Waals surface area (Å²) in [5.74, 6) is 2.64. The van der Waals surface area contributed by atoms with Crippen LogP contribution in [0, 0.1) is 18.8 Å². The van der Waals surface area contributed by atoms with Gasteiger partial charge in [-0.1, -0.05) is 6.92 Å². The summed E-state index contributed by atoms with van der Waals surface area (Å²) in [5, 5.41) is 11.4. The zero-order valence-corrected chi connectivity index (χ0v) is 7.56. The molecule has 4 nitrogen and oxygen atoms in total. The summed E-state index contributed by atoms with van der Waals surface area (Å²) in [4.78, 5) is 0. The number of hydrogen-bond donors (Lipinski definition) is 0. The van der Waals surface area contributed by atoms with Gasteiger partial charge in [0.1, 0.15) is 5.82 Å². The van der Waals surface area contributed by atoms with E-state index in [0.29, 0.717) is 0 Å². The van der Waals surface area contributed by atoms with Crippen molar-refractivity contribution >= 4 is 0 Å². The van der Waals surface area contributed by atoms with Crippen LogP contribution in [0.3, 0.4) is 0 Å². The quantitative estimate of drug-likeness (QED) is 0.659. The second-order valence-electron chi connectivity index (χ2n) is 3.85. The lowest BCUT2D eigenvalue weighted by atomic mass is 9.76. The van der Waals surface area contributed by atoms with Gasteiger partial charge in [0.2, 0.25) is 0 Å². The van der Waals surface area contributed by atoms with Gasteiger partial charge in [-0.25, -0.2) is 4.68 Å². The maximum Gasteiger partial charge on any atom is 0.148 e. The third-order valence-electron chi connectivity index (χ3n) is 2.61. The van der Waals surface area contributed by atoms with E-state index in [-0.39, 0.29) is 0 Å². The molecule has 4 heteroatoms. The van der Waals surface area contributed by atoms with Crippen LogP contribution in [0.25, 0.3) is 0 Å². The lowest BCUT2D eigenvalue weighted by Gasteiger charge is -2.32. The molecule has 1 aliphatic rings. The summed E-state index contributed by atoms with van der Waals surface area (Å²) in [6.45, 7) is 5.24. The molecule has 0 atom stereocenters. The lowest BCUT2D eigenvalue weighted by Crippen LogP contribution is -2.26. The van der Waals surface area contributed by atoms with E-state index in [9.17, 15) is 0 Å². The second-order valence-corrected chi connectivity index (χ2v) is 3.85. The molecule has 1 saturated carbocycles. The van der Waals surface area contributed by atoms with Crippen LogP contribution < -0.4 is 0 Å². The van der Waals surface area contributed by atoms with Crippen LogP contribution in [0.1, 0.15) is 25.6 Å². The van der Waals surface area contributed by atoms with Crippen LogP contribution in [0.4, 0.5) is 0 Å². The van der Waals surface area contributed by atoms with Gasteiger partial charge in [-0.05, 0) is 42.0 Å². The highest BCUT2D eigenvalue weighted by molar-refractivity contribution is 4.80. The van der Waals surface area contributed by atoms with Crippen LogP contribution in [-0.2, 0) is 6.54 Å². The third kappa shape index (κ3) is 1.33. The van der Waals surface area contributed by atoms with Gasteiger partial charge in [0.15, 0.2) is 0 Å². The predicted octanol–water partition coefficient (Wildman–Crippen LogP) is 1.03. The van der Waals surface area contributed by atoms with Gasteiger partial charge in [0, 0.05) is 6.54 Å². The zero-order chi connectivity index (χ0) is 8.55. The molecule has 0 aromatic carbocycles. The Bertz CT molecular complexity index is 262. The third-order valence-corrected chi connectivity index (χ3v) is 2.61. The van der Waals surface area contributed by atoms with Crippen LogP contribution in [0.5, 0.6) is 0 Å². The average Bonchev–Trinajstić information content (AvgIpc) is 2.33. The topological polar surface area (TPSA) is 43.6 Å². The van der Waals surface area contributed by atoms with Gasteiger partial charge in [0.05, 0.1) is 0 Å². The first kappa shape index (κ1) is 7.71. The fourth-order valence-electron chi connectivity index (χ4n) is 1.88. The maximum atomic E-state index is 3.92. The number of rotatable bonds is 2. The number of nitrogens with zero attached hydrogens (tertiary/aromatic N) is 4. The molecule has 1 aromatic rings. The van der Waals surface area contributed by atoms with Crippen molar-refractivity contribution < 1.29 is 0 Å². The highest BCUT2D eigenvalue weighted by Crippen LogP contribution is 2.33. The molecule has 66 valence electrons. The minimum absolute atomic E-state index is 0.808. The highest BCUT2D eigenvalue weighted by atomic mass is 15.5. The largest absolute Gasteiger partial charge is 0.230 e. The van der Waals surface area contributed by atoms with Crippen molar-refractivity contribution in [3.63, 3.8) is 0 Å². The smallest absolute Gasteiger partial charge is 0.148 e. The molecule has 1 aliphatic carbocycles. The molecule has 0 N–H and O–H groups in total. The fourth-order valence-corrected chi connectivity index (χ4v) is 1.88. The Labute approximate surface area is 72.0 Å². The summed E-state index contributed by atoms with van der Waals surface area (Å²) in [7, 11) is 0. The maximum absolute atomic E-state index is 3.92. The average molecular weight is 166 g/mol. The first-order chi connectivity index (χ1) is 5.75. The summed E-state index contributed by atoms with van der Waals surface area (Å²) in [5.41, 5.74) is 0. The molecule has 12 heavy (non-hydrogen) atoms. The number of hydrogen-bond acceptors (Lipinski definition) is 3. The van der Waals surface area contributed by atoms with Crippen LogP contribution in [0.2, 0.25) is 0 Å². The van der Waals surface area contributed by atoms with Crippen LogP contribution >= 0.6 is 0 Å². The Morgan fingerprint density at radius 3 is 2.75 bits per heavy atom. The SMILES string of the molecule is Cc1nnnn1CC1CC(C)C1. The second kappa shape index (κ2) is 2.84. The summed E-state index contributed by atoms with van der Waals surface area (Å²) in [6.07, 6.45) is 2.67. The summed E-state index contributed by atoms with van der Waals surface area (Å²) < 4.78 is 1.90. The zero-order valence-electron chi connectivity index (χ0n) is 7.56. The van der Waals surface area contributed by atoms with E-state index in [4.69, 9.17) is 0 Å². The minimum atomic E-state index is 0.808. The van der Waals surface area contributed by atoms with E-state index in [2.05, 4.69) is 22.4 Å². The Kier molecular flexibility index (Phi) is 1.83. The lowest BCUT2D eigenvalue weighted by molar-refractivity contribution is 0.179. The van der Waals surface area contributed by atoms with E-state index in [1.165, 1.54) is 12.8 Å². The van der Waals surface area contributed by atoms with Gasteiger partial charge < -0.3 is 0 Å². The van der Waals surface area contributed by atoms with Crippen LogP contribution in [-0.4, -0.2) is 20.2 Å². The van der Waals surface area contributed by atoms with Gasteiger partial charge in [-0.3, -0.25) is 0 Å². The highest BCUT2D eigenvalue weighted by Gasteiger charge is 2.26. The Morgan fingerprint density at radius 1 is 1.50 bits per heavy atom. The van der Waals surface area contributed by atoms with Gasteiger partial charge in [0.25, 0.3) is 0 Å². The van der Waals surface area contributed by atoms with Crippen molar-refractivity contribution in [2.75, 3.05) is 0 Å². The van der Waals surface area contributed by atoms with Gasteiger partial charge >= 0.3 is 0 Å². The van der Waals surface area contributed by atoms with Crippen LogP contribution in [0.15, 0.2) is 0 Å². The molecule has 0 bridgehead atoms. The van der Waals surface area contributed by atoms with Crippen molar-refractivity contribution in [2.45, 2.75) is 33.2 Å². The standard InChI is InChI=1S/C8H14N4/c1-6-3-8(4-6)5-12-7(2)9-10-11-12/h6,8H,3-5H2,1-2H3. The first-order valence-corrected chi connectivity index (χ1v) is 4.48. The van der Waals surface area contributed by atoms with Gasteiger partial charge in [-0.2, -0.15) is 0 Å². The molecule has 0 unspecified atom stereocenters. The minimum Gasteiger partial charge on any atom is -0.230 e. The number of aryl methyl sites for hydroxylation is 1. The molecule has 2 rings (SSSR count). The molecular weight excluding hydrogens is 152 g/mol. The predicted molar refractivity (Wildman–Crippen MR) is 44.4 cm³/mol. The Morgan fingerprint density at radius 2 is 2.25 bits per heavy atom. The molecule has 1 aromatic heterocycles. The van der Waals surface area contributed by atoms with Crippen molar-refractivity contribution in [3.8, 4) is 0 Å². The van der Waals surface area contributed by atoms with Gasteiger partial charge in [-0.15, -0.1) is 5.10 Å². The van der Waals surface area contributed by atoms with E-state index < -0.39 is 0 Å². The van der Waals surface area contributed by atoms with Crippen molar-refractivity contribution in [2.24, 2.45) is 11.8 Å². The van der Waals surface area contributed by atoms with E-state index in [0.717, 1.165) is 24.2 Å². The number of tetrazole rings is 1. The fraction of sp³-hybridized carbons (Fsp3) is 0.875. The normalized spacial score (nSPS) is 28.5. The molecule has 0 spiro atoms. The molecule has 0 amide bonds. The molecule has 0 saturated heterocycles.